The van der Waals surface area contributed by atoms with Crippen LogP contribution in [0.5, 0.6) is 17.2 Å². The maximum atomic E-state index is 9.84. The first-order valence-electron chi connectivity index (χ1n) is 10.2. The van der Waals surface area contributed by atoms with Gasteiger partial charge in [0.2, 0.25) is 12.0 Å². The van der Waals surface area contributed by atoms with Crippen molar-refractivity contribution in [1.29, 1.82) is 5.26 Å². The second-order valence-electron chi connectivity index (χ2n) is 7.19. The fourth-order valence-electron chi connectivity index (χ4n) is 3.78. The highest BCUT2D eigenvalue weighted by atomic mass is 16.7. The highest BCUT2D eigenvalue weighted by Gasteiger charge is 2.27. The predicted molar refractivity (Wildman–Crippen MR) is 118 cm³/mol. The van der Waals surface area contributed by atoms with Crippen LogP contribution < -0.4 is 14.2 Å². The third kappa shape index (κ3) is 4.11. The van der Waals surface area contributed by atoms with Gasteiger partial charge < -0.3 is 23.7 Å². The second kappa shape index (κ2) is 9.69. The Bertz CT molecular complexity index is 1140. The SMILES string of the molecule is COc1ccc(-c2c(C#N)cnc(C3OCCO3)c2C)c(OCc2ccccc2)c1OC. The smallest absolute Gasteiger partial charge is 0.203 e. The van der Waals surface area contributed by atoms with Gasteiger partial charge in [-0.05, 0) is 30.2 Å². The molecule has 0 amide bonds. The molecule has 164 valence electrons. The zero-order valence-corrected chi connectivity index (χ0v) is 18.3. The quantitative estimate of drug-likeness (QED) is 0.541. The lowest BCUT2D eigenvalue weighted by atomic mass is 9.94. The minimum Gasteiger partial charge on any atom is -0.493 e. The van der Waals surface area contributed by atoms with Gasteiger partial charge >= 0.3 is 0 Å². The van der Waals surface area contributed by atoms with Gasteiger partial charge in [-0.3, -0.25) is 4.98 Å². The van der Waals surface area contributed by atoms with Crippen molar-refractivity contribution in [2.45, 2.75) is 19.8 Å². The third-order valence-corrected chi connectivity index (χ3v) is 5.32. The zero-order valence-electron chi connectivity index (χ0n) is 18.3. The van der Waals surface area contributed by atoms with E-state index >= 15 is 0 Å². The number of methoxy groups -OCH3 is 2. The van der Waals surface area contributed by atoms with Crippen LogP contribution in [-0.4, -0.2) is 32.4 Å². The molecule has 1 aliphatic rings. The van der Waals surface area contributed by atoms with Gasteiger partial charge in [-0.25, -0.2) is 0 Å². The molecule has 4 rings (SSSR count). The molecule has 3 aromatic rings. The van der Waals surface area contributed by atoms with E-state index in [0.717, 1.165) is 11.1 Å². The van der Waals surface area contributed by atoms with Crippen LogP contribution in [0.15, 0.2) is 48.7 Å². The van der Waals surface area contributed by atoms with Gasteiger partial charge in [-0.15, -0.1) is 0 Å². The van der Waals surface area contributed by atoms with Crippen molar-refractivity contribution in [3.8, 4) is 34.4 Å². The number of pyridine rings is 1. The van der Waals surface area contributed by atoms with E-state index in [-0.39, 0.29) is 0 Å². The number of rotatable bonds is 7. The summed E-state index contributed by atoms with van der Waals surface area (Å²) in [6, 6.07) is 15.7. The summed E-state index contributed by atoms with van der Waals surface area (Å²) in [5.41, 5.74) is 4.24. The van der Waals surface area contributed by atoms with E-state index in [1.807, 2.05) is 43.3 Å². The largest absolute Gasteiger partial charge is 0.493 e. The number of nitrogens with zero attached hydrogens (tertiary/aromatic N) is 2. The molecule has 1 saturated heterocycles. The van der Waals surface area contributed by atoms with Crippen LogP contribution in [0.4, 0.5) is 0 Å². The fraction of sp³-hybridized carbons (Fsp3) is 0.280. The first-order chi connectivity index (χ1) is 15.7. The lowest BCUT2D eigenvalue weighted by molar-refractivity contribution is -0.0477. The molecule has 0 bridgehead atoms. The van der Waals surface area contributed by atoms with Crippen molar-refractivity contribution in [2.75, 3.05) is 27.4 Å². The summed E-state index contributed by atoms with van der Waals surface area (Å²) in [4.78, 5) is 4.45. The Morgan fingerprint density at radius 1 is 1.03 bits per heavy atom. The fourth-order valence-corrected chi connectivity index (χ4v) is 3.78. The average molecular weight is 432 g/mol. The zero-order chi connectivity index (χ0) is 22.5. The van der Waals surface area contributed by atoms with E-state index < -0.39 is 6.29 Å². The molecule has 0 unspecified atom stereocenters. The maximum absolute atomic E-state index is 9.84. The van der Waals surface area contributed by atoms with E-state index in [9.17, 15) is 5.26 Å². The molecule has 0 saturated carbocycles. The highest BCUT2D eigenvalue weighted by molar-refractivity contribution is 5.82. The Balaban J connectivity index is 1.87. The lowest BCUT2D eigenvalue weighted by Gasteiger charge is -2.21. The van der Waals surface area contributed by atoms with Crippen molar-refractivity contribution < 1.29 is 23.7 Å². The van der Waals surface area contributed by atoms with Crippen LogP contribution in [0.25, 0.3) is 11.1 Å². The van der Waals surface area contributed by atoms with Crippen molar-refractivity contribution >= 4 is 0 Å². The van der Waals surface area contributed by atoms with E-state index in [0.29, 0.717) is 59.5 Å². The molecule has 32 heavy (non-hydrogen) atoms. The van der Waals surface area contributed by atoms with E-state index in [1.165, 1.54) is 0 Å². The molecule has 0 N–H and O–H groups in total. The molecule has 1 aliphatic heterocycles. The number of ether oxygens (including phenoxy) is 5. The van der Waals surface area contributed by atoms with Crippen molar-refractivity contribution in [1.82, 2.24) is 4.98 Å². The Morgan fingerprint density at radius 3 is 2.44 bits per heavy atom. The molecule has 0 radical (unpaired) electrons. The molecule has 0 spiro atoms. The Hall–Kier alpha value is -3.60. The molecule has 0 aliphatic carbocycles. The van der Waals surface area contributed by atoms with Crippen LogP contribution in [-0.2, 0) is 16.1 Å². The Morgan fingerprint density at radius 2 is 1.78 bits per heavy atom. The van der Waals surface area contributed by atoms with Crippen molar-refractivity contribution in [3.05, 3.63) is 71.0 Å². The lowest BCUT2D eigenvalue weighted by Crippen LogP contribution is -2.08. The van der Waals surface area contributed by atoms with Crippen LogP contribution in [0, 0.1) is 18.3 Å². The van der Waals surface area contributed by atoms with Gasteiger partial charge in [-0.2, -0.15) is 5.26 Å². The van der Waals surface area contributed by atoms with Gasteiger partial charge in [0, 0.05) is 17.3 Å². The summed E-state index contributed by atoms with van der Waals surface area (Å²) in [6.45, 7) is 3.23. The van der Waals surface area contributed by atoms with Gasteiger partial charge in [0.1, 0.15) is 12.7 Å². The topological polar surface area (TPSA) is 82.8 Å². The average Bonchev–Trinajstić information content (AvgIpc) is 3.37. The summed E-state index contributed by atoms with van der Waals surface area (Å²) in [5.74, 6) is 1.48. The normalized spacial score (nSPS) is 13.6. The first kappa shape index (κ1) is 21.6. The monoisotopic (exact) mass is 432 g/mol. The van der Waals surface area contributed by atoms with Crippen LogP contribution in [0.2, 0.25) is 0 Å². The first-order valence-corrected chi connectivity index (χ1v) is 10.2. The minimum atomic E-state index is -0.560. The van der Waals surface area contributed by atoms with Crippen LogP contribution >= 0.6 is 0 Å². The van der Waals surface area contributed by atoms with Gasteiger partial charge in [0.15, 0.2) is 11.5 Å². The van der Waals surface area contributed by atoms with Crippen molar-refractivity contribution in [2.24, 2.45) is 0 Å². The molecule has 2 aromatic carbocycles. The molecule has 7 heteroatoms. The summed E-state index contributed by atoms with van der Waals surface area (Å²) in [7, 11) is 3.14. The number of hydrogen-bond donors (Lipinski definition) is 0. The van der Waals surface area contributed by atoms with Gasteiger partial charge in [-0.1, -0.05) is 30.3 Å². The van der Waals surface area contributed by atoms with Gasteiger partial charge in [0.25, 0.3) is 0 Å². The highest BCUT2D eigenvalue weighted by Crippen LogP contribution is 2.47. The Kier molecular flexibility index (Phi) is 6.55. The molecule has 1 fully saturated rings. The summed E-state index contributed by atoms with van der Waals surface area (Å²) in [6.07, 6.45) is 0.982. The van der Waals surface area contributed by atoms with Crippen LogP contribution in [0.3, 0.4) is 0 Å². The summed E-state index contributed by atoms with van der Waals surface area (Å²) >= 11 is 0. The van der Waals surface area contributed by atoms with E-state index in [1.54, 1.807) is 26.5 Å². The molecule has 2 heterocycles. The summed E-state index contributed by atoms with van der Waals surface area (Å²) in [5, 5.41) is 9.84. The van der Waals surface area contributed by atoms with E-state index in [4.69, 9.17) is 23.7 Å². The predicted octanol–water partition coefficient (Wildman–Crippen LogP) is 4.57. The molecular weight excluding hydrogens is 408 g/mol. The molecule has 7 nitrogen and oxygen atoms in total. The standard InChI is InChI=1S/C25H24N2O5/c1-16-21(18(13-26)14-27-22(16)25-30-11-12-31-25)19-9-10-20(28-2)24(29-3)23(19)32-15-17-7-5-4-6-8-17/h4-10,14,25H,11-12,15H2,1-3H3. The number of hydrogen-bond acceptors (Lipinski definition) is 7. The summed E-state index contributed by atoms with van der Waals surface area (Å²) < 4.78 is 28.7. The Labute approximate surface area is 187 Å². The maximum Gasteiger partial charge on any atom is 0.203 e. The second-order valence-corrected chi connectivity index (χ2v) is 7.19. The number of nitriles is 1. The molecule has 1 aromatic heterocycles. The minimum absolute atomic E-state index is 0.324. The van der Waals surface area contributed by atoms with Gasteiger partial charge in [0.05, 0.1) is 38.7 Å². The van der Waals surface area contributed by atoms with E-state index in [2.05, 4.69) is 11.1 Å². The number of benzene rings is 2. The molecular formula is C25H24N2O5. The molecule has 0 atom stereocenters. The number of aromatic nitrogens is 1. The third-order valence-electron chi connectivity index (χ3n) is 5.32. The van der Waals surface area contributed by atoms with Crippen molar-refractivity contribution in [3.63, 3.8) is 0 Å². The van der Waals surface area contributed by atoms with Crippen LogP contribution in [0.1, 0.15) is 28.7 Å².